The number of hydrogen-bond donors (Lipinski definition) is 1. The van der Waals surface area contributed by atoms with Crippen LogP contribution in [-0.2, 0) is 10.8 Å². The summed E-state index contributed by atoms with van der Waals surface area (Å²) < 4.78 is 24.3. The summed E-state index contributed by atoms with van der Waals surface area (Å²) in [5.74, 6) is 1.74. The number of para-hydroxylation sites is 1. The Kier molecular flexibility index (Phi) is 4.03. The lowest BCUT2D eigenvalue weighted by atomic mass is 9.97. The number of benzene rings is 1. The normalized spacial score (nSPS) is 16.5. The first-order chi connectivity index (χ1) is 12.5. The Morgan fingerprint density at radius 3 is 2.96 bits per heavy atom. The van der Waals surface area contributed by atoms with Crippen molar-refractivity contribution < 1.29 is 13.7 Å². The van der Waals surface area contributed by atoms with Gasteiger partial charge in [-0.1, -0.05) is 6.07 Å². The minimum Gasteiger partial charge on any atom is -0.494 e. The van der Waals surface area contributed by atoms with Gasteiger partial charge in [0.25, 0.3) is 0 Å². The number of nitrogens with zero attached hydrogens (tertiary/aromatic N) is 2. The van der Waals surface area contributed by atoms with Gasteiger partial charge in [0.2, 0.25) is 0 Å². The fourth-order valence-electron chi connectivity index (χ4n) is 3.11. The molecule has 1 unspecified atom stereocenters. The van der Waals surface area contributed by atoms with Gasteiger partial charge in [-0.3, -0.25) is 9.19 Å². The first kappa shape index (κ1) is 16.8. The topological polar surface area (TPSA) is 77.1 Å². The molecule has 7 heteroatoms. The SMILES string of the molecule is COc1cccc2[nH]c(S(=O)CC3=CC(C)(C)Oc4ccncc43)nc12. The Bertz CT molecular complexity index is 1040. The molecule has 1 aliphatic heterocycles. The number of nitrogens with one attached hydrogen (secondary N) is 1. The van der Waals surface area contributed by atoms with Crippen molar-refractivity contribution in [3.05, 3.63) is 48.3 Å². The van der Waals surface area contributed by atoms with Crippen LogP contribution in [0.5, 0.6) is 11.5 Å². The van der Waals surface area contributed by atoms with Gasteiger partial charge >= 0.3 is 0 Å². The lowest BCUT2D eigenvalue weighted by Gasteiger charge is -2.30. The van der Waals surface area contributed by atoms with Gasteiger partial charge in [-0.2, -0.15) is 0 Å². The summed E-state index contributed by atoms with van der Waals surface area (Å²) in [5, 5.41) is 0.431. The van der Waals surface area contributed by atoms with Crippen molar-refractivity contribution in [2.45, 2.75) is 24.6 Å². The van der Waals surface area contributed by atoms with Gasteiger partial charge in [-0.15, -0.1) is 0 Å². The predicted octanol–water partition coefficient (Wildman–Crippen LogP) is 3.33. The van der Waals surface area contributed by atoms with E-state index in [9.17, 15) is 4.21 Å². The second kappa shape index (κ2) is 6.25. The molecule has 0 radical (unpaired) electrons. The highest BCUT2D eigenvalue weighted by Crippen LogP contribution is 2.36. The summed E-state index contributed by atoms with van der Waals surface area (Å²) in [7, 11) is 0.258. The molecule has 4 rings (SSSR count). The van der Waals surface area contributed by atoms with Crippen LogP contribution in [0, 0.1) is 0 Å². The summed E-state index contributed by atoms with van der Waals surface area (Å²) in [6.07, 6.45) is 5.44. The summed E-state index contributed by atoms with van der Waals surface area (Å²) in [4.78, 5) is 11.8. The zero-order valence-electron chi connectivity index (χ0n) is 14.8. The molecule has 1 atom stereocenters. The Balaban J connectivity index is 1.69. The van der Waals surface area contributed by atoms with Gasteiger partial charge < -0.3 is 14.5 Å². The highest BCUT2D eigenvalue weighted by Gasteiger charge is 2.28. The third kappa shape index (κ3) is 2.99. The molecule has 3 aromatic rings. The van der Waals surface area contributed by atoms with E-state index in [0.717, 1.165) is 22.4 Å². The fraction of sp³-hybridized carbons (Fsp3) is 0.263. The van der Waals surface area contributed by atoms with Crippen molar-refractivity contribution in [2.24, 2.45) is 0 Å². The summed E-state index contributed by atoms with van der Waals surface area (Å²) in [6, 6.07) is 7.43. The molecule has 6 nitrogen and oxygen atoms in total. The van der Waals surface area contributed by atoms with E-state index in [0.29, 0.717) is 22.2 Å². The summed E-state index contributed by atoms with van der Waals surface area (Å²) in [6.45, 7) is 3.96. The largest absolute Gasteiger partial charge is 0.494 e. The second-order valence-corrected chi connectivity index (χ2v) is 8.00. The van der Waals surface area contributed by atoms with Crippen molar-refractivity contribution in [1.29, 1.82) is 0 Å². The minimum absolute atomic E-state index is 0.327. The molecular weight excluding hydrogens is 350 g/mol. The molecule has 26 heavy (non-hydrogen) atoms. The highest BCUT2D eigenvalue weighted by atomic mass is 32.2. The number of pyridine rings is 1. The zero-order valence-corrected chi connectivity index (χ0v) is 15.6. The van der Waals surface area contributed by atoms with Crippen LogP contribution in [0.3, 0.4) is 0 Å². The fourth-order valence-corrected chi connectivity index (χ4v) is 4.18. The molecule has 1 N–H and O–H groups in total. The highest BCUT2D eigenvalue weighted by molar-refractivity contribution is 7.85. The van der Waals surface area contributed by atoms with Crippen molar-refractivity contribution in [3.8, 4) is 11.5 Å². The molecule has 3 heterocycles. The van der Waals surface area contributed by atoms with Crippen LogP contribution in [0.4, 0.5) is 0 Å². The molecule has 1 aliphatic rings. The number of ether oxygens (including phenoxy) is 2. The maximum atomic E-state index is 13.0. The second-order valence-electron chi connectivity index (χ2n) is 6.64. The van der Waals surface area contributed by atoms with E-state index in [-0.39, 0.29) is 0 Å². The number of imidazole rings is 1. The average Bonchev–Trinajstić information content (AvgIpc) is 3.05. The third-order valence-electron chi connectivity index (χ3n) is 4.20. The Morgan fingerprint density at radius 2 is 2.15 bits per heavy atom. The predicted molar refractivity (Wildman–Crippen MR) is 101 cm³/mol. The van der Waals surface area contributed by atoms with E-state index in [1.54, 1.807) is 19.5 Å². The summed E-state index contributed by atoms with van der Waals surface area (Å²) >= 11 is 0. The number of aromatic amines is 1. The van der Waals surface area contributed by atoms with Crippen LogP contribution < -0.4 is 9.47 Å². The van der Waals surface area contributed by atoms with E-state index >= 15 is 0 Å². The molecule has 0 spiro atoms. The number of rotatable bonds is 4. The number of methoxy groups -OCH3 is 1. The van der Waals surface area contributed by atoms with E-state index in [4.69, 9.17) is 9.47 Å². The van der Waals surface area contributed by atoms with Crippen molar-refractivity contribution in [3.63, 3.8) is 0 Å². The number of fused-ring (bicyclic) bond motifs is 2. The molecule has 0 amide bonds. The lowest BCUT2D eigenvalue weighted by molar-refractivity contribution is 0.158. The molecule has 134 valence electrons. The average molecular weight is 369 g/mol. The van der Waals surface area contributed by atoms with Gasteiger partial charge in [0, 0.05) is 18.0 Å². The molecule has 0 bridgehead atoms. The first-order valence-corrected chi connectivity index (χ1v) is 9.55. The van der Waals surface area contributed by atoms with Gasteiger partial charge in [0.05, 0.1) is 29.2 Å². The molecule has 0 aliphatic carbocycles. The van der Waals surface area contributed by atoms with E-state index in [1.165, 1.54) is 0 Å². The summed E-state index contributed by atoms with van der Waals surface area (Å²) in [5.41, 5.74) is 2.83. The smallest absolute Gasteiger partial charge is 0.197 e. The van der Waals surface area contributed by atoms with Crippen molar-refractivity contribution in [1.82, 2.24) is 15.0 Å². The molecular formula is C19H19N3O3S. The zero-order chi connectivity index (χ0) is 18.3. The van der Waals surface area contributed by atoms with Gasteiger partial charge in [0.15, 0.2) is 5.16 Å². The Morgan fingerprint density at radius 1 is 1.31 bits per heavy atom. The van der Waals surface area contributed by atoms with Crippen LogP contribution in [0.25, 0.3) is 16.6 Å². The number of H-pyrrole nitrogens is 1. The standard InChI is InChI=1S/C19H19N3O3S/c1-19(2)9-12(13-10-20-8-7-15(13)25-19)11-26(23)18-21-14-5-4-6-16(24-3)17(14)22-18/h4-10H,11H2,1-3H3,(H,21,22). The van der Waals surface area contributed by atoms with Gasteiger partial charge in [-0.05, 0) is 43.7 Å². The first-order valence-electron chi connectivity index (χ1n) is 8.23. The maximum Gasteiger partial charge on any atom is 0.197 e. The Labute approximate surface area is 153 Å². The third-order valence-corrected chi connectivity index (χ3v) is 5.40. The van der Waals surface area contributed by atoms with Crippen LogP contribution in [0.15, 0.2) is 47.9 Å². The van der Waals surface area contributed by atoms with Gasteiger partial charge in [-0.25, -0.2) is 4.98 Å². The molecule has 1 aromatic carbocycles. The van der Waals surface area contributed by atoms with Crippen LogP contribution in [0.2, 0.25) is 0 Å². The van der Waals surface area contributed by atoms with E-state index < -0.39 is 16.4 Å². The lowest BCUT2D eigenvalue weighted by Crippen LogP contribution is -2.29. The maximum absolute atomic E-state index is 13.0. The number of aromatic nitrogens is 3. The quantitative estimate of drug-likeness (QED) is 0.763. The molecule has 0 saturated heterocycles. The van der Waals surface area contributed by atoms with Crippen LogP contribution in [0.1, 0.15) is 19.4 Å². The van der Waals surface area contributed by atoms with Crippen LogP contribution in [-0.4, -0.2) is 37.6 Å². The Hall–Kier alpha value is -2.67. The molecule has 0 fully saturated rings. The molecule has 0 saturated carbocycles. The van der Waals surface area contributed by atoms with Crippen LogP contribution >= 0.6 is 0 Å². The number of hydrogen-bond acceptors (Lipinski definition) is 5. The van der Waals surface area contributed by atoms with Crippen molar-refractivity contribution >= 4 is 27.4 Å². The minimum atomic E-state index is -1.34. The monoisotopic (exact) mass is 369 g/mol. The van der Waals surface area contributed by atoms with E-state index in [1.807, 2.05) is 44.2 Å². The van der Waals surface area contributed by atoms with E-state index in [2.05, 4.69) is 15.0 Å². The molecule has 2 aromatic heterocycles. The van der Waals surface area contributed by atoms with Gasteiger partial charge in [0.1, 0.15) is 22.6 Å². The van der Waals surface area contributed by atoms with Crippen molar-refractivity contribution in [2.75, 3.05) is 12.9 Å².